The van der Waals surface area contributed by atoms with Crippen LogP contribution in [0, 0.1) is 0 Å². The Hall–Kier alpha value is -3.05. The van der Waals surface area contributed by atoms with Gasteiger partial charge >= 0.3 is 0 Å². The Kier molecular flexibility index (Phi) is 5.91. The third-order valence-electron chi connectivity index (χ3n) is 5.51. The molecule has 0 saturated carbocycles. The number of fused-ring (bicyclic) bond motifs is 1. The number of carbonyl (C=O) groups is 1. The van der Waals surface area contributed by atoms with Gasteiger partial charge in [-0.2, -0.15) is 0 Å². The standard InChI is InChI=1S/C25H26N2O2S/c1-26(2)20-9-7-19(8-10-20)25-22-15-17-30-23(22)14-16-27(25)24(28)13-6-18-4-11-21(29-3)12-5-18/h4-13,15,17,25H,14,16H2,1-3H3/b13-6+. The zero-order chi connectivity index (χ0) is 21.1. The first-order valence-electron chi connectivity index (χ1n) is 10.0. The zero-order valence-electron chi connectivity index (χ0n) is 17.5. The number of anilines is 1. The van der Waals surface area contributed by atoms with Crippen LogP contribution in [0.25, 0.3) is 6.08 Å². The molecule has 4 rings (SSSR count). The summed E-state index contributed by atoms with van der Waals surface area (Å²) in [5.41, 5.74) is 4.52. The van der Waals surface area contributed by atoms with Crippen molar-refractivity contribution in [3.05, 3.63) is 87.6 Å². The molecule has 4 nitrogen and oxygen atoms in total. The molecule has 1 amide bonds. The monoisotopic (exact) mass is 418 g/mol. The van der Waals surface area contributed by atoms with Crippen molar-refractivity contribution in [1.82, 2.24) is 4.90 Å². The van der Waals surface area contributed by atoms with Crippen molar-refractivity contribution < 1.29 is 9.53 Å². The van der Waals surface area contributed by atoms with Crippen molar-refractivity contribution in [2.45, 2.75) is 12.5 Å². The van der Waals surface area contributed by atoms with Gasteiger partial charge in [0.2, 0.25) is 5.91 Å². The topological polar surface area (TPSA) is 32.8 Å². The average molecular weight is 419 g/mol. The van der Waals surface area contributed by atoms with Crippen molar-refractivity contribution in [3.8, 4) is 5.75 Å². The van der Waals surface area contributed by atoms with Gasteiger partial charge in [0.1, 0.15) is 5.75 Å². The molecule has 0 bridgehead atoms. The van der Waals surface area contributed by atoms with E-state index in [2.05, 4.69) is 40.6 Å². The fraction of sp³-hybridized carbons (Fsp3) is 0.240. The average Bonchev–Trinajstić information content (AvgIpc) is 3.26. The number of benzene rings is 2. The number of hydrogen-bond donors (Lipinski definition) is 0. The fourth-order valence-corrected chi connectivity index (χ4v) is 4.75. The molecule has 1 unspecified atom stereocenters. The van der Waals surface area contributed by atoms with E-state index < -0.39 is 0 Å². The molecule has 1 aliphatic heterocycles. The first-order valence-corrected chi connectivity index (χ1v) is 10.9. The van der Waals surface area contributed by atoms with Crippen LogP contribution in [0.1, 0.15) is 27.6 Å². The Morgan fingerprint density at radius 2 is 1.83 bits per heavy atom. The molecule has 1 aromatic heterocycles. The second-order valence-electron chi connectivity index (χ2n) is 7.58. The van der Waals surface area contributed by atoms with Gasteiger partial charge in [0.05, 0.1) is 13.2 Å². The number of amides is 1. The normalized spacial score (nSPS) is 15.8. The Labute approximate surface area is 182 Å². The van der Waals surface area contributed by atoms with Gasteiger partial charge in [0.15, 0.2) is 0 Å². The summed E-state index contributed by atoms with van der Waals surface area (Å²) in [6, 6.07) is 18.3. The Morgan fingerprint density at radius 3 is 2.50 bits per heavy atom. The number of rotatable bonds is 5. The maximum absolute atomic E-state index is 13.2. The lowest BCUT2D eigenvalue weighted by atomic mass is 9.93. The Balaban J connectivity index is 1.61. The zero-order valence-corrected chi connectivity index (χ0v) is 18.4. The van der Waals surface area contributed by atoms with E-state index >= 15 is 0 Å². The lowest BCUT2D eigenvalue weighted by molar-refractivity contribution is -0.127. The number of methoxy groups -OCH3 is 1. The van der Waals surface area contributed by atoms with Crippen molar-refractivity contribution in [2.24, 2.45) is 0 Å². The molecule has 30 heavy (non-hydrogen) atoms. The highest BCUT2D eigenvalue weighted by Crippen LogP contribution is 2.38. The Bertz CT molecular complexity index is 1040. The van der Waals surface area contributed by atoms with Gasteiger partial charge in [-0.05, 0) is 64.9 Å². The highest BCUT2D eigenvalue weighted by Gasteiger charge is 2.31. The molecule has 0 spiro atoms. The van der Waals surface area contributed by atoms with Crippen LogP contribution in [0.3, 0.4) is 0 Å². The van der Waals surface area contributed by atoms with Crippen LogP contribution >= 0.6 is 11.3 Å². The molecule has 0 aliphatic carbocycles. The number of carbonyl (C=O) groups excluding carboxylic acids is 1. The van der Waals surface area contributed by atoms with Gasteiger partial charge in [-0.25, -0.2) is 0 Å². The summed E-state index contributed by atoms with van der Waals surface area (Å²) >= 11 is 1.78. The Morgan fingerprint density at radius 1 is 1.10 bits per heavy atom. The van der Waals surface area contributed by atoms with Crippen LogP contribution in [0.15, 0.2) is 66.1 Å². The number of thiophene rings is 1. The van der Waals surface area contributed by atoms with Gasteiger partial charge in [0.25, 0.3) is 0 Å². The summed E-state index contributed by atoms with van der Waals surface area (Å²) in [4.78, 5) is 18.6. The molecule has 3 aromatic rings. The summed E-state index contributed by atoms with van der Waals surface area (Å²) in [7, 11) is 5.72. The second-order valence-corrected chi connectivity index (χ2v) is 8.58. The molecule has 1 atom stereocenters. The van der Waals surface area contributed by atoms with Crippen molar-refractivity contribution in [3.63, 3.8) is 0 Å². The van der Waals surface area contributed by atoms with E-state index in [0.717, 1.165) is 35.5 Å². The molecule has 0 saturated heterocycles. The van der Waals surface area contributed by atoms with Crippen LogP contribution < -0.4 is 9.64 Å². The molecule has 5 heteroatoms. The second kappa shape index (κ2) is 8.76. The number of hydrogen-bond acceptors (Lipinski definition) is 4. The van der Waals surface area contributed by atoms with Gasteiger partial charge in [-0.1, -0.05) is 24.3 Å². The lowest BCUT2D eigenvalue weighted by Gasteiger charge is -2.36. The summed E-state index contributed by atoms with van der Waals surface area (Å²) in [5.74, 6) is 0.838. The van der Waals surface area contributed by atoms with Gasteiger partial charge in [-0.15, -0.1) is 11.3 Å². The van der Waals surface area contributed by atoms with E-state index in [4.69, 9.17) is 4.74 Å². The maximum atomic E-state index is 13.2. The molecule has 0 fully saturated rings. The minimum absolute atomic E-state index is 0.0318. The van der Waals surface area contributed by atoms with Gasteiger partial charge in [0, 0.05) is 37.3 Å². The van der Waals surface area contributed by atoms with Crippen LogP contribution in [0.4, 0.5) is 5.69 Å². The highest BCUT2D eigenvalue weighted by atomic mass is 32.1. The van der Waals surface area contributed by atoms with Crippen LogP contribution in [0.2, 0.25) is 0 Å². The molecule has 2 heterocycles. The first-order chi connectivity index (χ1) is 14.6. The van der Waals surface area contributed by atoms with Gasteiger partial charge in [-0.3, -0.25) is 4.79 Å². The largest absolute Gasteiger partial charge is 0.497 e. The highest BCUT2D eigenvalue weighted by molar-refractivity contribution is 7.10. The molecule has 154 valence electrons. The smallest absolute Gasteiger partial charge is 0.247 e. The SMILES string of the molecule is COc1ccc(/C=C/C(=O)N2CCc3sccc3C2c2ccc(N(C)C)cc2)cc1. The van der Waals surface area contributed by atoms with E-state index in [1.165, 1.54) is 10.4 Å². The summed E-state index contributed by atoms with van der Waals surface area (Å²) in [6.07, 6.45) is 4.46. The van der Waals surface area contributed by atoms with Crippen molar-refractivity contribution >= 4 is 29.0 Å². The van der Waals surface area contributed by atoms with Crippen molar-refractivity contribution in [2.75, 3.05) is 32.6 Å². The van der Waals surface area contributed by atoms with E-state index in [1.54, 1.807) is 24.5 Å². The van der Waals surface area contributed by atoms with Crippen LogP contribution in [0.5, 0.6) is 5.75 Å². The van der Waals surface area contributed by atoms with Gasteiger partial charge < -0.3 is 14.5 Å². The van der Waals surface area contributed by atoms with E-state index in [0.29, 0.717) is 0 Å². The molecule has 1 aliphatic rings. The molecule has 0 radical (unpaired) electrons. The first kappa shape index (κ1) is 20.2. The molecule has 2 aromatic carbocycles. The minimum atomic E-state index is -0.0516. The fourth-order valence-electron chi connectivity index (χ4n) is 3.85. The van der Waals surface area contributed by atoms with Crippen molar-refractivity contribution in [1.29, 1.82) is 0 Å². The van der Waals surface area contributed by atoms with E-state index in [9.17, 15) is 4.79 Å². The lowest BCUT2D eigenvalue weighted by Crippen LogP contribution is -2.39. The van der Waals surface area contributed by atoms with Crippen LogP contribution in [-0.4, -0.2) is 38.6 Å². The van der Waals surface area contributed by atoms with Crippen LogP contribution in [-0.2, 0) is 11.2 Å². The maximum Gasteiger partial charge on any atom is 0.247 e. The quantitative estimate of drug-likeness (QED) is 0.546. The third kappa shape index (κ3) is 4.12. The third-order valence-corrected chi connectivity index (χ3v) is 6.50. The predicted octanol–water partition coefficient (Wildman–Crippen LogP) is 5.01. The van der Waals surface area contributed by atoms with E-state index in [-0.39, 0.29) is 11.9 Å². The minimum Gasteiger partial charge on any atom is -0.497 e. The summed E-state index contributed by atoms with van der Waals surface area (Å²) in [5, 5.41) is 2.13. The van der Waals surface area contributed by atoms with E-state index in [1.807, 2.05) is 49.3 Å². The molecule has 0 N–H and O–H groups in total. The summed E-state index contributed by atoms with van der Waals surface area (Å²) in [6.45, 7) is 0.722. The molecular weight excluding hydrogens is 392 g/mol. The molecular formula is C25H26N2O2S. The summed E-state index contributed by atoms with van der Waals surface area (Å²) < 4.78 is 5.20. The predicted molar refractivity (Wildman–Crippen MR) is 124 cm³/mol. The number of nitrogens with zero attached hydrogens (tertiary/aromatic N) is 2. The number of ether oxygens (including phenoxy) is 1.